The average molecular weight is 429 g/mol. The van der Waals surface area contributed by atoms with Crippen molar-refractivity contribution in [3.63, 3.8) is 0 Å². The number of amides is 2. The van der Waals surface area contributed by atoms with Gasteiger partial charge in [0.05, 0.1) is 0 Å². The molecule has 2 fully saturated rings. The molecule has 8 heteroatoms. The lowest BCUT2D eigenvalue weighted by Gasteiger charge is -2.45. The quantitative estimate of drug-likeness (QED) is 0.685. The van der Waals surface area contributed by atoms with Crippen molar-refractivity contribution in [2.45, 2.75) is 70.7 Å². The van der Waals surface area contributed by atoms with Gasteiger partial charge in [-0.2, -0.15) is 4.98 Å². The lowest BCUT2D eigenvalue weighted by atomic mass is 10.00. The first kappa shape index (κ1) is 21.5. The number of hydrogen-bond donors (Lipinski definition) is 0. The first-order valence-corrected chi connectivity index (χ1v) is 11.2. The molecule has 4 rings (SSSR count). The Morgan fingerprint density at radius 2 is 1.90 bits per heavy atom. The number of carbonyl (C=O) groups excluding carboxylic acids is 2. The molecule has 0 aliphatic carbocycles. The minimum atomic E-state index is -0.509. The number of hydrogen-bond acceptors (Lipinski definition) is 6. The number of nitrogens with zero attached hydrogens (tertiary/aromatic N) is 4. The van der Waals surface area contributed by atoms with Gasteiger partial charge in [0.15, 0.2) is 5.58 Å². The maximum absolute atomic E-state index is 12.4. The Labute approximate surface area is 183 Å². The molecule has 2 aliphatic rings. The van der Waals surface area contributed by atoms with Crippen LogP contribution < -0.4 is 4.90 Å². The van der Waals surface area contributed by atoms with Crippen LogP contribution in [0.2, 0.25) is 0 Å². The molecule has 2 aromatic rings. The van der Waals surface area contributed by atoms with Crippen molar-refractivity contribution in [2.75, 3.05) is 24.5 Å². The number of fused-ring (bicyclic) bond motifs is 1. The number of para-hydroxylation sites is 2. The summed E-state index contributed by atoms with van der Waals surface area (Å²) in [5.41, 5.74) is 1.07. The van der Waals surface area contributed by atoms with Gasteiger partial charge in [-0.05, 0) is 65.0 Å². The summed E-state index contributed by atoms with van der Waals surface area (Å²) in [5, 5.41) is 0. The third-order valence-corrected chi connectivity index (χ3v) is 6.00. The first-order chi connectivity index (χ1) is 14.9. The normalized spacial score (nSPS) is 20.7. The molecule has 2 aliphatic heterocycles. The topological polar surface area (TPSA) is 79.1 Å². The van der Waals surface area contributed by atoms with Crippen LogP contribution in [0.5, 0.6) is 0 Å². The Hall–Kier alpha value is -2.77. The highest BCUT2D eigenvalue weighted by atomic mass is 16.6. The van der Waals surface area contributed by atoms with Crippen molar-refractivity contribution < 1.29 is 18.7 Å². The van der Waals surface area contributed by atoms with Crippen molar-refractivity contribution in [1.29, 1.82) is 0 Å². The Kier molecular flexibility index (Phi) is 6.07. The van der Waals surface area contributed by atoms with Crippen molar-refractivity contribution in [3.8, 4) is 0 Å². The van der Waals surface area contributed by atoms with E-state index in [4.69, 9.17) is 9.15 Å². The smallest absolute Gasteiger partial charge is 0.410 e. The van der Waals surface area contributed by atoms with Crippen LogP contribution in [-0.4, -0.2) is 64.7 Å². The molecule has 8 nitrogen and oxygen atoms in total. The Morgan fingerprint density at radius 3 is 2.58 bits per heavy atom. The number of likely N-dealkylation sites (tertiary alicyclic amines) is 1. The molecule has 0 unspecified atom stereocenters. The SMILES string of the molecule is CC(C)(C)OC(=O)N1CCC(N(C=O)[C@H]2CCCCN2c2nc3ccccc3o2)CC1. The maximum Gasteiger partial charge on any atom is 0.410 e. The van der Waals surface area contributed by atoms with Crippen LogP contribution in [0.1, 0.15) is 52.9 Å². The Balaban J connectivity index is 1.46. The monoisotopic (exact) mass is 428 g/mol. The second-order valence-electron chi connectivity index (χ2n) is 9.39. The van der Waals surface area contributed by atoms with Gasteiger partial charge in [0, 0.05) is 25.7 Å². The molecule has 1 aromatic heterocycles. The lowest BCUT2D eigenvalue weighted by Crippen LogP contribution is -2.57. The maximum atomic E-state index is 12.4. The third kappa shape index (κ3) is 4.78. The summed E-state index contributed by atoms with van der Waals surface area (Å²) in [7, 11) is 0. The van der Waals surface area contributed by atoms with E-state index in [0.29, 0.717) is 19.1 Å². The van der Waals surface area contributed by atoms with Crippen molar-refractivity contribution >= 4 is 29.6 Å². The molecule has 0 N–H and O–H groups in total. The Bertz CT molecular complexity index is 881. The largest absolute Gasteiger partial charge is 0.444 e. The number of piperidine rings is 2. The van der Waals surface area contributed by atoms with Crippen LogP contribution >= 0.6 is 0 Å². The molecule has 0 radical (unpaired) electrons. The summed E-state index contributed by atoms with van der Waals surface area (Å²) < 4.78 is 11.5. The number of aromatic nitrogens is 1. The van der Waals surface area contributed by atoms with Crippen LogP contribution in [0.15, 0.2) is 28.7 Å². The van der Waals surface area contributed by atoms with Gasteiger partial charge in [0.25, 0.3) is 6.01 Å². The second-order valence-corrected chi connectivity index (χ2v) is 9.39. The molecule has 1 aromatic carbocycles. The fourth-order valence-corrected chi connectivity index (χ4v) is 4.50. The van der Waals surface area contributed by atoms with Crippen LogP contribution in [0.4, 0.5) is 10.8 Å². The minimum absolute atomic E-state index is 0.0752. The van der Waals surface area contributed by atoms with Crippen LogP contribution in [0.25, 0.3) is 11.1 Å². The molecular weight excluding hydrogens is 396 g/mol. The van der Waals surface area contributed by atoms with Gasteiger partial charge < -0.3 is 23.9 Å². The van der Waals surface area contributed by atoms with Crippen LogP contribution in [-0.2, 0) is 9.53 Å². The molecule has 3 heterocycles. The summed E-state index contributed by atoms with van der Waals surface area (Å²) in [6.07, 6.45) is 5.03. The van der Waals surface area contributed by atoms with Gasteiger partial charge in [-0.1, -0.05) is 12.1 Å². The number of benzene rings is 1. The summed E-state index contributed by atoms with van der Waals surface area (Å²) >= 11 is 0. The van der Waals surface area contributed by atoms with E-state index in [2.05, 4.69) is 9.88 Å². The van der Waals surface area contributed by atoms with E-state index in [9.17, 15) is 9.59 Å². The standard InChI is InChI=1S/C23H32N4O4/c1-23(2,3)31-22(29)25-14-11-17(12-15-25)27(16-28)20-10-6-7-13-26(20)21-24-18-8-4-5-9-19(18)30-21/h4-5,8-9,16-17,20H,6-7,10-15H2,1-3H3/t20-/m0/s1. The molecule has 31 heavy (non-hydrogen) atoms. The highest BCUT2D eigenvalue weighted by Gasteiger charge is 2.36. The lowest BCUT2D eigenvalue weighted by molar-refractivity contribution is -0.124. The summed E-state index contributed by atoms with van der Waals surface area (Å²) in [5.74, 6) is 0. The van der Waals surface area contributed by atoms with Gasteiger partial charge in [-0.15, -0.1) is 0 Å². The van der Waals surface area contributed by atoms with Gasteiger partial charge in [-0.3, -0.25) is 4.79 Å². The zero-order valence-corrected chi connectivity index (χ0v) is 18.6. The van der Waals surface area contributed by atoms with E-state index in [1.165, 1.54) is 0 Å². The van der Waals surface area contributed by atoms with Gasteiger partial charge >= 0.3 is 6.09 Å². The summed E-state index contributed by atoms with van der Waals surface area (Å²) in [4.78, 5) is 35.0. The molecule has 168 valence electrons. The van der Waals surface area contributed by atoms with E-state index in [1.54, 1.807) is 4.90 Å². The fourth-order valence-electron chi connectivity index (χ4n) is 4.50. The van der Waals surface area contributed by atoms with Gasteiger partial charge in [0.2, 0.25) is 6.41 Å². The molecular formula is C23H32N4O4. The summed E-state index contributed by atoms with van der Waals surface area (Å²) in [6.45, 7) is 7.58. The zero-order chi connectivity index (χ0) is 22.0. The van der Waals surface area contributed by atoms with E-state index in [1.807, 2.05) is 49.9 Å². The first-order valence-electron chi connectivity index (χ1n) is 11.2. The number of rotatable bonds is 4. The predicted molar refractivity (Wildman–Crippen MR) is 118 cm³/mol. The van der Waals surface area contributed by atoms with Crippen molar-refractivity contribution in [1.82, 2.24) is 14.8 Å². The number of oxazole rings is 1. The minimum Gasteiger partial charge on any atom is -0.444 e. The van der Waals surface area contributed by atoms with Crippen molar-refractivity contribution in [2.24, 2.45) is 0 Å². The van der Waals surface area contributed by atoms with E-state index < -0.39 is 5.60 Å². The van der Waals surface area contributed by atoms with Crippen LogP contribution in [0, 0.1) is 0 Å². The number of anilines is 1. The second kappa shape index (κ2) is 8.77. The zero-order valence-electron chi connectivity index (χ0n) is 18.6. The fraction of sp³-hybridized carbons (Fsp3) is 0.609. The van der Waals surface area contributed by atoms with E-state index in [0.717, 1.165) is 56.2 Å². The number of ether oxygens (including phenoxy) is 1. The molecule has 0 spiro atoms. The molecule has 1 atom stereocenters. The average Bonchev–Trinajstić information content (AvgIpc) is 3.18. The molecule has 0 saturated carbocycles. The molecule has 0 bridgehead atoms. The predicted octanol–water partition coefficient (Wildman–Crippen LogP) is 4.00. The van der Waals surface area contributed by atoms with E-state index >= 15 is 0 Å². The Morgan fingerprint density at radius 1 is 1.16 bits per heavy atom. The summed E-state index contributed by atoms with van der Waals surface area (Å²) in [6, 6.07) is 8.37. The molecule has 2 amide bonds. The molecule has 2 saturated heterocycles. The van der Waals surface area contributed by atoms with Gasteiger partial charge in [-0.25, -0.2) is 4.79 Å². The van der Waals surface area contributed by atoms with Crippen molar-refractivity contribution in [3.05, 3.63) is 24.3 Å². The van der Waals surface area contributed by atoms with Crippen LogP contribution in [0.3, 0.4) is 0 Å². The van der Waals surface area contributed by atoms with Gasteiger partial charge in [0.1, 0.15) is 17.3 Å². The highest BCUT2D eigenvalue weighted by molar-refractivity contribution is 5.74. The number of carbonyl (C=O) groups is 2. The third-order valence-electron chi connectivity index (χ3n) is 6.00. The van der Waals surface area contributed by atoms with E-state index in [-0.39, 0.29) is 18.3 Å². The highest BCUT2D eigenvalue weighted by Crippen LogP contribution is 2.31.